The Balaban J connectivity index is 1.58. The van der Waals surface area contributed by atoms with E-state index in [1.807, 2.05) is 47.2 Å². The van der Waals surface area contributed by atoms with E-state index in [1.165, 1.54) is 5.56 Å². The fourth-order valence-corrected chi connectivity index (χ4v) is 3.25. The Hall–Kier alpha value is -3.60. The van der Waals surface area contributed by atoms with Gasteiger partial charge in [0, 0.05) is 29.8 Å². The molecular formula is C24H22N2O3. The Labute approximate surface area is 168 Å². The van der Waals surface area contributed by atoms with Gasteiger partial charge in [-0.1, -0.05) is 35.9 Å². The van der Waals surface area contributed by atoms with Crippen LogP contribution in [0.4, 0.5) is 0 Å². The number of amides is 1. The van der Waals surface area contributed by atoms with E-state index in [0.717, 1.165) is 22.3 Å². The van der Waals surface area contributed by atoms with Crippen molar-refractivity contribution < 1.29 is 13.9 Å². The quantitative estimate of drug-likeness (QED) is 0.515. The second-order valence-corrected chi connectivity index (χ2v) is 6.98. The highest BCUT2D eigenvalue weighted by Gasteiger charge is 2.11. The van der Waals surface area contributed by atoms with E-state index in [1.54, 1.807) is 13.4 Å². The van der Waals surface area contributed by atoms with Gasteiger partial charge in [0.25, 0.3) is 5.91 Å². The van der Waals surface area contributed by atoms with Crippen LogP contribution >= 0.6 is 0 Å². The number of aryl methyl sites for hydroxylation is 1. The number of carbonyl (C=O) groups excluding carboxylic acids is 1. The number of hydrogen-bond acceptors (Lipinski definition) is 3. The summed E-state index contributed by atoms with van der Waals surface area (Å²) in [4.78, 5) is 17.0. The van der Waals surface area contributed by atoms with Crippen molar-refractivity contribution in [1.29, 1.82) is 0 Å². The van der Waals surface area contributed by atoms with E-state index < -0.39 is 0 Å². The molecule has 2 aromatic heterocycles. The fraction of sp³-hybridized carbons (Fsp3) is 0.167. The second kappa shape index (κ2) is 8.19. The van der Waals surface area contributed by atoms with Crippen molar-refractivity contribution in [3.05, 3.63) is 95.3 Å². The molecule has 0 fully saturated rings. The minimum Gasteiger partial charge on any atom is -0.497 e. The monoisotopic (exact) mass is 386 g/mol. The molecule has 0 atom stereocenters. The standard InChI is InChI=1S/C24H22N2O3/c1-17-6-8-18(9-7-17)15-26-12-4-3-5-23(26)25-24(27)13-19-16-29-22-14-20(28-2)10-11-21(19)22/h3-12,14,16H,13,15H2,1-2H3. The Morgan fingerprint density at radius 1 is 1.10 bits per heavy atom. The average Bonchev–Trinajstić information content (AvgIpc) is 3.13. The first kappa shape index (κ1) is 18.7. The van der Waals surface area contributed by atoms with Crippen LogP contribution in [0.1, 0.15) is 16.7 Å². The summed E-state index contributed by atoms with van der Waals surface area (Å²) in [5.74, 6) is 0.503. The molecule has 0 saturated carbocycles. The van der Waals surface area contributed by atoms with Crippen molar-refractivity contribution in [2.75, 3.05) is 7.11 Å². The van der Waals surface area contributed by atoms with Crippen LogP contribution in [0.2, 0.25) is 0 Å². The number of methoxy groups -OCH3 is 1. The van der Waals surface area contributed by atoms with Gasteiger partial charge in [-0.05, 0) is 36.8 Å². The molecule has 4 rings (SSSR count). The van der Waals surface area contributed by atoms with Crippen LogP contribution in [-0.4, -0.2) is 17.6 Å². The fourth-order valence-electron chi connectivity index (χ4n) is 3.25. The zero-order valence-electron chi connectivity index (χ0n) is 16.5. The summed E-state index contributed by atoms with van der Waals surface area (Å²) < 4.78 is 12.8. The molecular weight excluding hydrogens is 364 g/mol. The first-order valence-electron chi connectivity index (χ1n) is 9.45. The lowest BCUT2D eigenvalue weighted by molar-refractivity contribution is -0.117. The van der Waals surface area contributed by atoms with Gasteiger partial charge in [-0.15, -0.1) is 0 Å². The molecule has 0 N–H and O–H groups in total. The molecule has 0 spiro atoms. The lowest BCUT2D eigenvalue weighted by Gasteiger charge is -2.07. The van der Waals surface area contributed by atoms with Gasteiger partial charge in [0.15, 0.2) is 0 Å². The molecule has 0 aliphatic heterocycles. The molecule has 4 aromatic rings. The average molecular weight is 386 g/mol. The molecule has 2 aromatic carbocycles. The molecule has 0 aliphatic rings. The highest BCUT2D eigenvalue weighted by molar-refractivity contribution is 5.88. The molecule has 146 valence electrons. The number of ether oxygens (including phenoxy) is 1. The summed E-state index contributed by atoms with van der Waals surface area (Å²) in [5, 5.41) is 0.898. The highest BCUT2D eigenvalue weighted by Crippen LogP contribution is 2.26. The number of nitrogens with zero attached hydrogens (tertiary/aromatic N) is 2. The third kappa shape index (κ3) is 4.29. The van der Waals surface area contributed by atoms with Gasteiger partial charge in [0.2, 0.25) is 0 Å². The number of benzene rings is 2. The smallest absolute Gasteiger partial charge is 0.252 e. The maximum atomic E-state index is 12.6. The topological polar surface area (TPSA) is 56.7 Å². The normalized spacial score (nSPS) is 11.7. The van der Waals surface area contributed by atoms with Crippen LogP contribution < -0.4 is 10.2 Å². The summed E-state index contributed by atoms with van der Waals surface area (Å²) >= 11 is 0. The molecule has 1 amide bonds. The first-order valence-corrected chi connectivity index (χ1v) is 9.45. The zero-order valence-corrected chi connectivity index (χ0v) is 16.5. The summed E-state index contributed by atoms with van der Waals surface area (Å²) in [5.41, 5.74) is 4.52. The van der Waals surface area contributed by atoms with Gasteiger partial charge < -0.3 is 13.7 Å². The largest absolute Gasteiger partial charge is 0.497 e. The molecule has 5 heteroatoms. The van der Waals surface area contributed by atoms with E-state index in [4.69, 9.17) is 9.15 Å². The van der Waals surface area contributed by atoms with Crippen LogP contribution in [-0.2, 0) is 17.8 Å². The van der Waals surface area contributed by atoms with E-state index in [9.17, 15) is 4.79 Å². The number of aromatic nitrogens is 1. The molecule has 0 unspecified atom stereocenters. The number of pyridine rings is 1. The van der Waals surface area contributed by atoms with Crippen LogP contribution in [0.3, 0.4) is 0 Å². The number of hydrogen-bond donors (Lipinski definition) is 0. The van der Waals surface area contributed by atoms with E-state index in [0.29, 0.717) is 17.6 Å². The third-order valence-electron chi connectivity index (χ3n) is 4.83. The molecule has 2 heterocycles. The molecule has 0 saturated heterocycles. The summed E-state index contributed by atoms with van der Waals surface area (Å²) in [6, 6.07) is 19.6. The summed E-state index contributed by atoms with van der Waals surface area (Å²) in [6.45, 7) is 2.72. The van der Waals surface area contributed by atoms with Crippen LogP contribution in [0.15, 0.2) is 82.5 Å². The Bertz CT molecular complexity index is 1220. The van der Waals surface area contributed by atoms with Crippen molar-refractivity contribution in [3.63, 3.8) is 0 Å². The van der Waals surface area contributed by atoms with Crippen molar-refractivity contribution in [3.8, 4) is 5.75 Å². The molecule has 0 aliphatic carbocycles. The SMILES string of the molecule is COc1ccc2c(CC(=O)N=c3ccccn3Cc3ccc(C)cc3)coc2c1. The van der Waals surface area contributed by atoms with Crippen molar-refractivity contribution >= 4 is 16.9 Å². The first-order chi connectivity index (χ1) is 14.1. The predicted molar refractivity (Wildman–Crippen MR) is 112 cm³/mol. The van der Waals surface area contributed by atoms with Gasteiger partial charge in [0.05, 0.1) is 19.8 Å². The van der Waals surface area contributed by atoms with E-state index in [-0.39, 0.29) is 12.3 Å². The Morgan fingerprint density at radius 2 is 1.93 bits per heavy atom. The van der Waals surface area contributed by atoms with Crippen LogP contribution in [0.5, 0.6) is 5.75 Å². The van der Waals surface area contributed by atoms with Gasteiger partial charge in [-0.25, -0.2) is 0 Å². The van der Waals surface area contributed by atoms with Gasteiger partial charge in [-0.3, -0.25) is 4.79 Å². The van der Waals surface area contributed by atoms with Crippen LogP contribution in [0.25, 0.3) is 11.0 Å². The van der Waals surface area contributed by atoms with E-state index in [2.05, 4.69) is 36.2 Å². The van der Waals surface area contributed by atoms with Crippen molar-refractivity contribution in [2.45, 2.75) is 19.9 Å². The molecule has 0 radical (unpaired) electrons. The maximum absolute atomic E-state index is 12.6. The Kier molecular flexibility index (Phi) is 5.29. The summed E-state index contributed by atoms with van der Waals surface area (Å²) in [7, 11) is 1.61. The van der Waals surface area contributed by atoms with E-state index >= 15 is 0 Å². The molecule has 0 bridgehead atoms. The van der Waals surface area contributed by atoms with Crippen molar-refractivity contribution in [2.24, 2.45) is 4.99 Å². The lowest BCUT2D eigenvalue weighted by Crippen LogP contribution is -2.22. The minimum absolute atomic E-state index is 0.179. The highest BCUT2D eigenvalue weighted by atomic mass is 16.5. The molecule has 5 nitrogen and oxygen atoms in total. The zero-order chi connectivity index (χ0) is 20.2. The maximum Gasteiger partial charge on any atom is 0.252 e. The van der Waals surface area contributed by atoms with Crippen LogP contribution in [0, 0.1) is 6.92 Å². The van der Waals surface area contributed by atoms with Gasteiger partial charge in [-0.2, -0.15) is 4.99 Å². The third-order valence-corrected chi connectivity index (χ3v) is 4.83. The lowest BCUT2D eigenvalue weighted by atomic mass is 10.1. The van der Waals surface area contributed by atoms with Crippen molar-refractivity contribution in [1.82, 2.24) is 4.57 Å². The predicted octanol–water partition coefficient (Wildman–Crippen LogP) is 4.27. The van der Waals surface area contributed by atoms with Gasteiger partial charge in [0.1, 0.15) is 16.8 Å². The number of fused-ring (bicyclic) bond motifs is 1. The minimum atomic E-state index is -0.215. The second-order valence-electron chi connectivity index (χ2n) is 6.98. The van der Waals surface area contributed by atoms with Gasteiger partial charge >= 0.3 is 0 Å². The summed E-state index contributed by atoms with van der Waals surface area (Å²) in [6.07, 6.45) is 3.73. The number of rotatable bonds is 5. The molecule has 29 heavy (non-hydrogen) atoms. The number of carbonyl (C=O) groups is 1. The number of furan rings is 1. The Morgan fingerprint density at radius 3 is 2.72 bits per heavy atom.